The zero-order valence-corrected chi connectivity index (χ0v) is 13.0. The SMILES string of the molecule is C#CCCc1ccc(N(c2ccccc2)c2ccccc2)cc1. The minimum absolute atomic E-state index is 0.778. The Morgan fingerprint density at radius 3 is 1.61 bits per heavy atom. The third-order valence-electron chi connectivity index (χ3n) is 3.78. The van der Waals surface area contributed by atoms with Crippen LogP contribution in [0.2, 0.25) is 0 Å². The number of anilines is 3. The number of hydrogen-bond acceptors (Lipinski definition) is 1. The quantitative estimate of drug-likeness (QED) is 0.544. The van der Waals surface area contributed by atoms with Gasteiger partial charge in [0.25, 0.3) is 0 Å². The van der Waals surface area contributed by atoms with E-state index in [2.05, 4.69) is 83.6 Å². The Kier molecular flexibility index (Phi) is 4.76. The Morgan fingerprint density at radius 1 is 0.652 bits per heavy atom. The molecule has 0 bridgehead atoms. The number of rotatable bonds is 5. The van der Waals surface area contributed by atoms with E-state index in [-0.39, 0.29) is 0 Å². The highest BCUT2D eigenvalue weighted by Gasteiger charge is 2.11. The van der Waals surface area contributed by atoms with Gasteiger partial charge in [0.2, 0.25) is 0 Å². The second-order valence-electron chi connectivity index (χ2n) is 5.38. The number of benzene rings is 3. The smallest absolute Gasteiger partial charge is 0.0461 e. The molecular weight excluding hydrogens is 278 g/mol. The van der Waals surface area contributed by atoms with Crippen molar-refractivity contribution in [3.05, 3.63) is 90.5 Å². The minimum atomic E-state index is 0.778. The molecule has 0 unspecified atom stereocenters. The van der Waals surface area contributed by atoms with E-state index in [1.807, 2.05) is 12.1 Å². The van der Waals surface area contributed by atoms with Gasteiger partial charge in [0.15, 0.2) is 0 Å². The molecule has 3 rings (SSSR count). The molecule has 1 heteroatoms. The monoisotopic (exact) mass is 297 g/mol. The molecule has 1 nitrogen and oxygen atoms in total. The summed E-state index contributed by atoms with van der Waals surface area (Å²) in [6.07, 6.45) is 7.05. The van der Waals surface area contributed by atoms with Gasteiger partial charge in [0.05, 0.1) is 0 Å². The molecule has 0 N–H and O–H groups in total. The molecule has 0 aromatic heterocycles. The number of aryl methyl sites for hydroxylation is 1. The first-order valence-corrected chi connectivity index (χ1v) is 7.81. The summed E-state index contributed by atoms with van der Waals surface area (Å²) < 4.78 is 0. The fourth-order valence-electron chi connectivity index (χ4n) is 2.63. The molecule has 0 saturated carbocycles. The van der Waals surface area contributed by atoms with Crippen LogP contribution in [-0.2, 0) is 6.42 Å². The van der Waals surface area contributed by atoms with E-state index in [0.29, 0.717) is 0 Å². The maximum absolute atomic E-state index is 5.35. The fraction of sp³-hybridized carbons (Fsp3) is 0.0909. The fourth-order valence-corrected chi connectivity index (χ4v) is 2.63. The highest BCUT2D eigenvalue weighted by atomic mass is 15.1. The molecule has 3 aromatic rings. The Labute approximate surface area is 138 Å². The summed E-state index contributed by atoms with van der Waals surface area (Å²) in [7, 11) is 0. The van der Waals surface area contributed by atoms with Gasteiger partial charge in [-0.05, 0) is 48.4 Å². The molecule has 0 fully saturated rings. The Balaban J connectivity index is 1.98. The lowest BCUT2D eigenvalue weighted by atomic mass is 10.1. The maximum Gasteiger partial charge on any atom is 0.0461 e. The largest absolute Gasteiger partial charge is 0.311 e. The van der Waals surface area contributed by atoms with Crippen LogP contribution in [0.25, 0.3) is 0 Å². The van der Waals surface area contributed by atoms with Crippen molar-refractivity contribution in [2.75, 3.05) is 4.90 Å². The highest BCUT2D eigenvalue weighted by molar-refractivity contribution is 5.76. The van der Waals surface area contributed by atoms with Gasteiger partial charge >= 0.3 is 0 Å². The summed E-state index contributed by atoms with van der Waals surface area (Å²) in [5.74, 6) is 2.69. The summed E-state index contributed by atoms with van der Waals surface area (Å²) in [5.41, 5.74) is 4.71. The molecule has 0 heterocycles. The first-order valence-electron chi connectivity index (χ1n) is 7.81. The third kappa shape index (κ3) is 3.62. The summed E-state index contributed by atoms with van der Waals surface area (Å²) in [6.45, 7) is 0. The van der Waals surface area contributed by atoms with E-state index in [1.54, 1.807) is 0 Å². The van der Waals surface area contributed by atoms with Crippen molar-refractivity contribution in [1.29, 1.82) is 0 Å². The van der Waals surface area contributed by atoms with E-state index in [1.165, 1.54) is 5.56 Å². The average Bonchev–Trinajstić information content (AvgIpc) is 2.63. The van der Waals surface area contributed by atoms with Crippen LogP contribution in [0.15, 0.2) is 84.9 Å². The van der Waals surface area contributed by atoms with Gasteiger partial charge in [-0.2, -0.15) is 0 Å². The van der Waals surface area contributed by atoms with Crippen molar-refractivity contribution in [1.82, 2.24) is 0 Å². The molecule has 0 atom stereocenters. The van der Waals surface area contributed by atoms with Crippen molar-refractivity contribution in [3.8, 4) is 12.3 Å². The molecule has 112 valence electrons. The molecule has 0 saturated heterocycles. The summed E-state index contributed by atoms with van der Waals surface area (Å²) in [4.78, 5) is 2.25. The number of terminal acetylenes is 1. The molecule has 0 aliphatic carbocycles. The maximum atomic E-state index is 5.35. The molecule has 0 spiro atoms. The van der Waals surface area contributed by atoms with Crippen molar-refractivity contribution in [2.24, 2.45) is 0 Å². The molecule has 0 radical (unpaired) electrons. The normalized spacial score (nSPS) is 10.0. The van der Waals surface area contributed by atoms with E-state index >= 15 is 0 Å². The molecule has 0 amide bonds. The second kappa shape index (κ2) is 7.33. The van der Waals surface area contributed by atoms with Gasteiger partial charge in [0.1, 0.15) is 0 Å². The first-order chi connectivity index (χ1) is 11.4. The van der Waals surface area contributed by atoms with Gasteiger partial charge in [-0.1, -0.05) is 48.5 Å². The zero-order chi connectivity index (χ0) is 15.9. The van der Waals surface area contributed by atoms with Gasteiger partial charge < -0.3 is 4.90 Å². The van der Waals surface area contributed by atoms with Crippen molar-refractivity contribution in [2.45, 2.75) is 12.8 Å². The Morgan fingerprint density at radius 2 is 1.13 bits per heavy atom. The predicted molar refractivity (Wildman–Crippen MR) is 98.3 cm³/mol. The van der Waals surface area contributed by atoms with Crippen LogP contribution in [0.3, 0.4) is 0 Å². The van der Waals surface area contributed by atoms with Crippen molar-refractivity contribution < 1.29 is 0 Å². The summed E-state index contributed by atoms with van der Waals surface area (Å²) >= 11 is 0. The topological polar surface area (TPSA) is 3.24 Å². The molecular formula is C22H19N. The molecule has 3 aromatic carbocycles. The van der Waals surface area contributed by atoms with Gasteiger partial charge in [-0.3, -0.25) is 0 Å². The van der Waals surface area contributed by atoms with Crippen LogP contribution in [0.5, 0.6) is 0 Å². The van der Waals surface area contributed by atoms with Crippen LogP contribution in [0.1, 0.15) is 12.0 Å². The third-order valence-corrected chi connectivity index (χ3v) is 3.78. The van der Waals surface area contributed by atoms with Crippen LogP contribution >= 0.6 is 0 Å². The van der Waals surface area contributed by atoms with Crippen molar-refractivity contribution in [3.63, 3.8) is 0 Å². The summed E-state index contributed by atoms with van der Waals surface area (Å²) in [6, 6.07) is 29.5. The molecule has 0 aliphatic rings. The van der Waals surface area contributed by atoms with Crippen LogP contribution in [-0.4, -0.2) is 0 Å². The highest BCUT2D eigenvalue weighted by Crippen LogP contribution is 2.34. The molecule has 0 aliphatic heterocycles. The van der Waals surface area contributed by atoms with E-state index in [0.717, 1.165) is 29.9 Å². The van der Waals surface area contributed by atoms with Crippen LogP contribution < -0.4 is 4.90 Å². The van der Waals surface area contributed by atoms with E-state index in [9.17, 15) is 0 Å². The van der Waals surface area contributed by atoms with Gasteiger partial charge in [0, 0.05) is 23.5 Å². The second-order valence-corrected chi connectivity index (χ2v) is 5.38. The average molecular weight is 297 g/mol. The van der Waals surface area contributed by atoms with E-state index < -0.39 is 0 Å². The number of nitrogens with zero attached hydrogens (tertiary/aromatic N) is 1. The molecule has 23 heavy (non-hydrogen) atoms. The summed E-state index contributed by atoms with van der Waals surface area (Å²) in [5, 5.41) is 0. The van der Waals surface area contributed by atoms with Crippen LogP contribution in [0.4, 0.5) is 17.1 Å². The standard InChI is InChI=1S/C22H19N/c1-2-3-10-19-15-17-22(18-16-19)23(20-11-6-4-7-12-20)21-13-8-5-9-14-21/h1,4-9,11-18H,3,10H2. The zero-order valence-electron chi connectivity index (χ0n) is 13.0. The lowest BCUT2D eigenvalue weighted by molar-refractivity contribution is 1.03. The predicted octanol–water partition coefficient (Wildman–Crippen LogP) is 5.72. The number of hydrogen-bond donors (Lipinski definition) is 0. The first kappa shape index (κ1) is 14.9. The Bertz CT molecular complexity index is 728. The Hall–Kier alpha value is -2.98. The lowest BCUT2D eigenvalue weighted by Crippen LogP contribution is -2.09. The van der Waals surface area contributed by atoms with Crippen LogP contribution in [0, 0.1) is 12.3 Å². The van der Waals surface area contributed by atoms with Gasteiger partial charge in [-0.15, -0.1) is 12.3 Å². The lowest BCUT2D eigenvalue weighted by Gasteiger charge is -2.25. The minimum Gasteiger partial charge on any atom is -0.311 e. The van der Waals surface area contributed by atoms with Crippen molar-refractivity contribution >= 4 is 17.1 Å². The van der Waals surface area contributed by atoms with Gasteiger partial charge in [-0.25, -0.2) is 0 Å². The number of para-hydroxylation sites is 2. The van der Waals surface area contributed by atoms with E-state index in [4.69, 9.17) is 6.42 Å².